The lowest BCUT2D eigenvalue weighted by Crippen LogP contribution is -2.38. The van der Waals surface area contributed by atoms with Crippen LogP contribution in [0.3, 0.4) is 0 Å². The molecule has 0 atom stereocenters. The van der Waals surface area contributed by atoms with Crippen molar-refractivity contribution in [3.63, 3.8) is 0 Å². The fourth-order valence-corrected chi connectivity index (χ4v) is 1.33. The molecule has 0 spiro atoms. The van der Waals surface area contributed by atoms with E-state index in [1.165, 1.54) is 0 Å². The number of anilines is 1. The second-order valence-corrected chi connectivity index (χ2v) is 3.75. The number of benzene rings is 1. The van der Waals surface area contributed by atoms with Gasteiger partial charge < -0.3 is 16.4 Å². The molecule has 1 aromatic carbocycles. The van der Waals surface area contributed by atoms with Crippen LogP contribution in [0.2, 0.25) is 0 Å². The summed E-state index contributed by atoms with van der Waals surface area (Å²) in [5, 5.41) is 4.98. The molecule has 0 fully saturated rings. The molecule has 0 saturated heterocycles. The van der Waals surface area contributed by atoms with E-state index in [1.54, 1.807) is 6.07 Å². The zero-order chi connectivity index (χ0) is 12.8. The van der Waals surface area contributed by atoms with Crippen molar-refractivity contribution >= 4 is 17.5 Å². The Morgan fingerprint density at radius 1 is 1.24 bits per heavy atom. The minimum absolute atomic E-state index is 0.291. The lowest BCUT2D eigenvalue weighted by atomic mass is 10.1. The topological polar surface area (TPSA) is 84.2 Å². The van der Waals surface area contributed by atoms with Crippen LogP contribution in [0.5, 0.6) is 0 Å². The number of nitrogens with one attached hydrogen (secondary N) is 2. The normalized spacial score (nSPS) is 9.82. The fraction of sp³-hybridized carbons (Fsp3) is 0.333. The summed E-state index contributed by atoms with van der Waals surface area (Å²) in [7, 11) is 0. The molecule has 0 aromatic heterocycles. The summed E-state index contributed by atoms with van der Waals surface area (Å²) >= 11 is 0. The average Bonchev–Trinajstić information content (AvgIpc) is 2.31. The van der Waals surface area contributed by atoms with E-state index in [-0.39, 0.29) is 0 Å². The smallest absolute Gasteiger partial charge is 0.313 e. The van der Waals surface area contributed by atoms with E-state index < -0.39 is 11.8 Å². The lowest BCUT2D eigenvalue weighted by molar-refractivity contribution is -0.136. The van der Waals surface area contributed by atoms with Gasteiger partial charge in [0, 0.05) is 18.8 Å². The van der Waals surface area contributed by atoms with Gasteiger partial charge in [-0.15, -0.1) is 0 Å². The van der Waals surface area contributed by atoms with Crippen LogP contribution in [0.4, 0.5) is 5.69 Å². The average molecular weight is 235 g/mol. The molecule has 92 valence electrons. The van der Waals surface area contributed by atoms with E-state index in [4.69, 9.17) is 5.73 Å². The zero-order valence-electron chi connectivity index (χ0n) is 10.0. The van der Waals surface area contributed by atoms with Gasteiger partial charge in [0.15, 0.2) is 0 Å². The van der Waals surface area contributed by atoms with Crippen LogP contribution >= 0.6 is 0 Å². The van der Waals surface area contributed by atoms with Gasteiger partial charge in [0.05, 0.1) is 0 Å². The van der Waals surface area contributed by atoms with Crippen LogP contribution < -0.4 is 16.4 Å². The maximum absolute atomic E-state index is 11.5. The van der Waals surface area contributed by atoms with Crippen molar-refractivity contribution in [2.45, 2.75) is 13.8 Å². The monoisotopic (exact) mass is 235 g/mol. The van der Waals surface area contributed by atoms with E-state index in [0.29, 0.717) is 18.8 Å². The Kier molecular flexibility index (Phi) is 4.66. The fourth-order valence-electron chi connectivity index (χ4n) is 1.33. The highest BCUT2D eigenvalue weighted by Crippen LogP contribution is 2.17. The third kappa shape index (κ3) is 3.57. The molecule has 1 rings (SSSR count). The van der Waals surface area contributed by atoms with Gasteiger partial charge in [-0.1, -0.05) is 12.1 Å². The van der Waals surface area contributed by atoms with E-state index in [0.717, 1.165) is 11.1 Å². The lowest BCUT2D eigenvalue weighted by Gasteiger charge is -2.10. The molecule has 1 aromatic rings. The number of carbonyl (C=O) groups is 2. The van der Waals surface area contributed by atoms with Crippen LogP contribution in [-0.2, 0) is 9.59 Å². The Balaban J connectivity index is 2.68. The number of carbonyl (C=O) groups excluding carboxylic acids is 2. The van der Waals surface area contributed by atoms with Crippen LogP contribution in [0.15, 0.2) is 18.2 Å². The highest BCUT2D eigenvalue weighted by molar-refractivity contribution is 6.39. The Hall–Kier alpha value is -1.88. The van der Waals surface area contributed by atoms with Crippen molar-refractivity contribution < 1.29 is 9.59 Å². The van der Waals surface area contributed by atoms with Gasteiger partial charge in [-0.05, 0) is 31.0 Å². The zero-order valence-corrected chi connectivity index (χ0v) is 10.0. The summed E-state index contributed by atoms with van der Waals surface area (Å²) in [5.74, 6) is -1.34. The van der Waals surface area contributed by atoms with Crippen LogP contribution in [0.25, 0.3) is 0 Å². The first-order valence-electron chi connectivity index (χ1n) is 5.41. The Morgan fingerprint density at radius 2 is 1.94 bits per heavy atom. The summed E-state index contributed by atoms with van der Waals surface area (Å²) in [5.41, 5.74) is 7.89. The van der Waals surface area contributed by atoms with Crippen molar-refractivity contribution in [1.29, 1.82) is 0 Å². The molecule has 0 heterocycles. The van der Waals surface area contributed by atoms with Crippen LogP contribution in [-0.4, -0.2) is 24.9 Å². The molecule has 0 bridgehead atoms. The minimum Gasteiger partial charge on any atom is -0.347 e. The number of aryl methyl sites for hydroxylation is 1. The third-order valence-corrected chi connectivity index (χ3v) is 2.49. The molecule has 0 radical (unpaired) electrons. The molecular formula is C12H17N3O2. The standard InChI is InChI=1S/C12H17N3O2/c1-8-4-3-5-10(9(8)2)15-12(17)11(16)14-7-6-13/h3-5H,6-7,13H2,1-2H3,(H,14,16)(H,15,17). The molecule has 4 N–H and O–H groups in total. The molecule has 0 aliphatic heterocycles. The maximum Gasteiger partial charge on any atom is 0.313 e. The summed E-state index contributed by atoms with van der Waals surface area (Å²) < 4.78 is 0. The molecule has 5 nitrogen and oxygen atoms in total. The first kappa shape index (κ1) is 13.2. The number of hydrogen-bond acceptors (Lipinski definition) is 3. The van der Waals surface area contributed by atoms with Gasteiger partial charge >= 0.3 is 11.8 Å². The maximum atomic E-state index is 11.5. The third-order valence-electron chi connectivity index (χ3n) is 2.49. The molecule has 0 unspecified atom stereocenters. The minimum atomic E-state index is -0.674. The van der Waals surface area contributed by atoms with Crippen LogP contribution in [0.1, 0.15) is 11.1 Å². The van der Waals surface area contributed by atoms with Gasteiger partial charge in [-0.2, -0.15) is 0 Å². The first-order valence-corrected chi connectivity index (χ1v) is 5.41. The predicted molar refractivity (Wildman–Crippen MR) is 66.6 cm³/mol. The van der Waals surface area contributed by atoms with Gasteiger partial charge in [0.1, 0.15) is 0 Å². The van der Waals surface area contributed by atoms with Gasteiger partial charge in [0.25, 0.3) is 0 Å². The Labute approximate surface area is 100 Å². The first-order chi connectivity index (χ1) is 8.06. The van der Waals surface area contributed by atoms with E-state index in [1.807, 2.05) is 26.0 Å². The largest absolute Gasteiger partial charge is 0.347 e. The molecule has 0 saturated carbocycles. The molecule has 2 amide bonds. The summed E-state index contributed by atoms with van der Waals surface area (Å²) in [6, 6.07) is 5.53. The van der Waals surface area contributed by atoms with Crippen molar-refractivity contribution in [3.8, 4) is 0 Å². The van der Waals surface area contributed by atoms with Crippen LogP contribution in [0, 0.1) is 13.8 Å². The molecule has 17 heavy (non-hydrogen) atoms. The van der Waals surface area contributed by atoms with Crippen molar-refractivity contribution in [3.05, 3.63) is 29.3 Å². The highest BCUT2D eigenvalue weighted by atomic mass is 16.2. The second kappa shape index (κ2) is 6.00. The van der Waals surface area contributed by atoms with Crippen molar-refractivity contribution in [1.82, 2.24) is 5.32 Å². The van der Waals surface area contributed by atoms with Gasteiger partial charge in [-0.25, -0.2) is 0 Å². The van der Waals surface area contributed by atoms with Crippen molar-refractivity contribution in [2.75, 3.05) is 18.4 Å². The number of nitrogens with two attached hydrogens (primary N) is 1. The summed E-state index contributed by atoms with van der Waals surface area (Å²) in [6.45, 7) is 4.43. The quantitative estimate of drug-likeness (QED) is 0.659. The summed E-state index contributed by atoms with van der Waals surface area (Å²) in [6.07, 6.45) is 0. The highest BCUT2D eigenvalue weighted by Gasteiger charge is 2.13. The number of hydrogen-bond donors (Lipinski definition) is 3. The molecule has 0 aliphatic rings. The van der Waals surface area contributed by atoms with E-state index >= 15 is 0 Å². The molecule has 5 heteroatoms. The van der Waals surface area contributed by atoms with E-state index in [2.05, 4.69) is 10.6 Å². The van der Waals surface area contributed by atoms with Crippen molar-refractivity contribution in [2.24, 2.45) is 5.73 Å². The van der Waals surface area contributed by atoms with E-state index in [9.17, 15) is 9.59 Å². The summed E-state index contributed by atoms with van der Waals surface area (Å²) in [4.78, 5) is 22.8. The molecule has 0 aliphatic carbocycles. The SMILES string of the molecule is Cc1cccc(NC(=O)C(=O)NCCN)c1C. The van der Waals surface area contributed by atoms with Gasteiger partial charge in [-0.3, -0.25) is 9.59 Å². The molecular weight excluding hydrogens is 218 g/mol. The predicted octanol–water partition coefficient (Wildman–Crippen LogP) is 0.317. The Morgan fingerprint density at radius 3 is 2.59 bits per heavy atom. The second-order valence-electron chi connectivity index (χ2n) is 3.75. The Bertz CT molecular complexity index is 430. The van der Waals surface area contributed by atoms with Gasteiger partial charge in [0.2, 0.25) is 0 Å². The number of amides is 2. The number of rotatable bonds is 3.